The third-order valence-corrected chi connectivity index (χ3v) is 4.07. The molecule has 90 valence electrons. The van der Waals surface area contributed by atoms with Crippen LogP contribution in [0.2, 0.25) is 0 Å². The number of benzene rings is 1. The highest BCUT2D eigenvalue weighted by Crippen LogP contribution is 2.49. The Balaban J connectivity index is 1.91. The summed E-state index contributed by atoms with van der Waals surface area (Å²) >= 11 is 0. The van der Waals surface area contributed by atoms with E-state index in [-0.39, 0.29) is 11.3 Å². The zero-order valence-corrected chi connectivity index (χ0v) is 10.2. The van der Waals surface area contributed by atoms with Crippen molar-refractivity contribution in [2.24, 2.45) is 0 Å². The second kappa shape index (κ2) is 3.84. The number of fused-ring (bicyclic) bond motifs is 1. The molecule has 0 radical (unpaired) electrons. The van der Waals surface area contributed by atoms with Crippen LogP contribution in [-0.4, -0.2) is 13.0 Å². The smallest absolute Gasteiger partial charge is 0.244 e. The van der Waals surface area contributed by atoms with Crippen LogP contribution in [-0.2, 0) is 23.1 Å². The Morgan fingerprint density at radius 2 is 2.00 bits per heavy atom. The molecule has 3 nitrogen and oxygen atoms in total. The van der Waals surface area contributed by atoms with Crippen LogP contribution in [0.1, 0.15) is 36.0 Å². The van der Waals surface area contributed by atoms with E-state index in [1.165, 1.54) is 36.0 Å². The second-order valence-corrected chi connectivity index (χ2v) is 5.12. The van der Waals surface area contributed by atoms with Crippen LogP contribution in [0.3, 0.4) is 0 Å². The molecule has 17 heavy (non-hydrogen) atoms. The molecule has 2 N–H and O–H groups in total. The van der Waals surface area contributed by atoms with Gasteiger partial charge in [-0.25, -0.2) is 5.43 Å². The average Bonchev–Trinajstić information content (AvgIpc) is 3.02. The predicted octanol–water partition coefficient (Wildman–Crippen LogP) is 1.46. The van der Waals surface area contributed by atoms with E-state index in [1.54, 1.807) is 7.05 Å². The number of rotatable bonds is 3. The number of hydrazine groups is 1. The number of aryl methyl sites for hydroxylation is 2. The van der Waals surface area contributed by atoms with Gasteiger partial charge >= 0.3 is 0 Å². The van der Waals surface area contributed by atoms with E-state index in [4.69, 9.17) is 0 Å². The lowest BCUT2D eigenvalue weighted by Crippen LogP contribution is -2.41. The number of amides is 1. The Morgan fingerprint density at radius 3 is 2.71 bits per heavy atom. The number of carbonyl (C=O) groups excluding carboxylic acids is 1. The van der Waals surface area contributed by atoms with Gasteiger partial charge in [0.2, 0.25) is 5.91 Å². The number of hydrogen-bond acceptors (Lipinski definition) is 2. The van der Waals surface area contributed by atoms with Crippen molar-refractivity contribution in [3.8, 4) is 0 Å². The highest BCUT2D eigenvalue weighted by Gasteiger charge is 2.51. The highest BCUT2D eigenvalue weighted by atomic mass is 16.2. The third kappa shape index (κ3) is 1.65. The molecule has 0 aliphatic heterocycles. The van der Waals surface area contributed by atoms with Crippen LogP contribution in [0.5, 0.6) is 0 Å². The molecular formula is C14H18N2O. The summed E-state index contributed by atoms with van der Waals surface area (Å²) in [6.07, 6.45) is 5.57. The molecule has 1 aromatic carbocycles. The first kappa shape index (κ1) is 10.8. The largest absolute Gasteiger partial charge is 0.291 e. The first-order chi connectivity index (χ1) is 8.26. The zero-order valence-electron chi connectivity index (χ0n) is 10.2. The normalized spacial score (nSPS) is 19.8. The van der Waals surface area contributed by atoms with Crippen molar-refractivity contribution in [3.05, 3.63) is 34.9 Å². The Kier molecular flexibility index (Phi) is 2.44. The fourth-order valence-corrected chi connectivity index (χ4v) is 2.87. The van der Waals surface area contributed by atoms with Crippen LogP contribution >= 0.6 is 0 Å². The van der Waals surface area contributed by atoms with Crippen molar-refractivity contribution < 1.29 is 4.79 Å². The second-order valence-electron chi connectivity index (χ2n) is 5.12. The van der Waals surface area contributed by atoms with E-state index in [1.807, 2.05) is 0 Å². The SMILES string of the molecule is CNNC(=O)C1(c2ccc3c(c2)CCC3)CC1. The molecule has 2 aliphatic rings. The van der Waals surface area contributed by atoms with Gasteiger partial charge in [0.1, 0.15) is 0 Å². The molecule has 0 spiro atoms. The van der Waals surface area contributed by atoms with Crippen molar-refractivity contribution >= 4 is 5.91 Å². The maximum absolute atomic E-state index is 12.1. The highest BCUT2D eigenvalue weighted by molar-refractivity contribution is 5.91. The van der Waals surface area contributed by atoms with Crippen molar-refractivity contribution in [2.45, 2.75) is 37.5 Å². The molecule has 0 atom stereocenters. The van der Waals surface area contributed by atoms with Crippen LogP contribution in [0.15, 0.2) is 18.2 Å². The van der Waals surface area contributed by atoms with Gasteiger partial charge in [0.15, 0.2) is 0 Å². The summed E-state index contributed by atoms with van der Waals surface area (Å²) in [4.78, 5) is 12.1. The van der Waals surface area contributed by atoms with E-state index in [0.717, 1.165) is 12.8 Å². The molecule has 0 aromatic heterocycles. The summed E-state index contributed by atoms with van der Waals surface area (Å²) in [5, 5.41) is 0. The van der Waals surface area contributed by atoms with E-state index in [9.17, 15) is 4.79 Å². The van der Waals surface area contributed by atoms with Gasteiger partial charge in [-0.3, -0.25) is 10.2 Å². The molecule has 1 fully saturated rings. The summed E-state index contributed by atoms with van der Waals surface area (Å²) in [7, 11) is 1.73. The van der Waals surface area contributed by atoms with Gasteiger partial charge in [-0.05, 0) is 48.8 Å². The van der Waals surface area contributed by atoms with E-state index < -0.39 is 0 Å². The van der Waals surface area contributed by atoms with Crippen LogP contribution in [0.4, 0.5) is 0 Å². The summed E-state index contributed by atoms with van der Waals surface area (Å²) in [5.74, 6) is 0.109. The third-order valence-electron chi connectivity index (χ3n) is 4.07. The van der Waals surface area contributed by atoms with Crippen molar-refractivity contribution in [1.29, 1.82) is 0 Å². The Hall–Kier alpha value is -1.35. The van der Waals surface area contributed by atoms with Gasteiger partial charge in [0.25, 0.3) is 0 Å². The first-order valence-electron chi connectivity index (χ1n) is 6.36. The molecule has 0 heterocycles. The van der Waals surface area contributed by atoms with Gasteiger partial charge in [0.05, 0.1) is 5.41 Å². The van der Waals surface area contributed by atoms with E-state index in [2.05, 4.69) is 29.1 Å². The number of carbonyl (C=O) groups is 1. The molecule has 1 aromatic rings. The minimum absolute atomic E-state index is 0.109. The van der Waals surface area contributed by atoms with E-state index >= 15 is 0 Å². The van der Waals surface area contributed by atoms with Crippen molar-refractivity contribution in [1.82, 2.24) is 10.9 Å². The van der Waals surface area contributed by atoms with Crippen molar-refractivity contribution in [3.63, 3.8) is 0 Å². The van der Waals surface area contributed by atoms with Crippen molar-refractivity contribution in [2.75, 3.05) is 7.05 Å². The zero-order chi connectivity index (χ0) is 11.9. The molecular weight excluding hydrogens is 212 g/mol. The van der Waals surface area contributed by atoms with Gasteiger partial charge in [-0.15, -0.1) is 0 Å². The molecule has 3 heteroatoms. The van der Waals surface area contributed by atoms with Crippen LogP contribution in [0, 0.1) is 0 Å². The van der Waals surface area contributed by atoms with Gasteiger partial charge in [-0.1, -0.05) is 18.2 Å². The summed E-state index contributed by atoms with van der Waals surface area (Å²) in [5.41, 5.74) is 9.33. The van der Waals surface area contributed by atoms with Gasteiger partial charge in [-0.2, -0.15) is 0 Å². The number of nitrogens with one attached hydrogen (secondary N) is 2. The lowest BCUT2D eigenvalue weighted by molar-refractivity contribution is -0.124. The monoisotopic (exact) mass is 230 g/mol. The fourth-order valence-electron chi connectivity index (χ4n) is 2.87. The number of hydrogen-bond donors (Lipinski definition) is 2. The fraction of sp³-hybridized carbons (Fsp3) is 0.500. The maximum atomic E-state index is 12.1. The minimum atomic E-state index is -0.249. The van der Waals surface area contributed by atoms with Gasteiger partial charge in [0, 0.05) is 7.05 Å². The minimum Gasteiger partial charge on any atom is -0.291 e. The standard InChI is InChI=1S/C14H18N2O/c1-15-16-13(17)14(7-8-14)12-6-5-10-3-2-4-11(10)9-12/h5-6,9,15H,2-4,7-8H2,1H3,(H,16,17). The Morgan fingerprint density at radius 1 is 1.24 bits per heavy atom. The molecule has 1 amide bonds. The van der Waals surface area contributed by atoms with Crippen LogP contribution < -0.4 is 10.9 Å². The Bertz CT molecular complexity index is 463. The molecule has 1 saturated carbocycles. The molecule has 2 aliphatic carbocycles. The predicted molar refractivity (Wildman–Crippen MR) is 66.6 cm³/mol. The lowest BCUT2D eigenvalue weighted by atomic mass is 9.92. The lowest BCUT2D eigenvalue weighted by Gasteiger charge is -2.16. The molecule has 0 bridgehead atoms. The molecule has 0 unspecified atom stereocenters. The molecule has 3 rings (SSSR count). The summed E-state index contributed by atoms with van der Waals surface area (Å²) in [6.45, 7) is 0. The van der Waals surface area contributed by atoms with Crippen LogP contribution in [0.25, 0.3) is 0 Å². The Labute approximate surface area is 102 Å². The van der Waals surface area contributed by atoms with Gasteiger partial charge < -0.3 is 0 Å². The quantitative estimate of drug-likeness (QED) is 0.772. The summed E-state index contributed by atoms with van der Waals surface area (Å²) in [6, 6.07) is 6.61. The molecule has 0 saturated heterocycles. The topological polar surface area (TPSA) is 41.1 Å². The average molecular weight is 230 g/mol. The first-order valence-corrected chi connectivity index (χ1v) is 6.36. The van der Waals surface area contributed by atoms with E-state index in [0.29, 0.717) is 0 Å². The maximum Gasteiger partial charge on any atom is 0.244 e. The summed E-state index contributed by atoms with van der Waals surface area (Å²) < 4.78 is 0.